The van der Waals surface area contributed by atoms with E-state index in [0.29, 0.717) is 17.9 Å². The lowest BCUT2D eigenvalue weighted by atomic mass is 10.2. The lowest BCUT2D eigenvalue weighted by Gasteiger charge is -2.07. The molecule has 3 nitrogen and oxygen atoms in total. The minimum absolute atomic E-state index is 0.188. The summed E-state index contributed by atoms with van der Waals surface area (Å²) in [6.07, 6.45) is 2.17. The van der Waals surface area contributed by atoms with Gasteiger partial charge in [0.1, 0.15) is 11.5 Å². The van der Waals surface area contributed by atoms with Crippen LogP contribution in [-0.2, 0) is 15.6 Å². The Morgan fingerprint density at radius 2 is 2.00 bits per heavy atom. The number of unbranched alkanes of at least 4 members (excludes halogenated alkanes) is 1. The molecular formula is C13H18O3S. The fourth-order valence-electron chi connectivity index (χ4n) is 1.52. The molecule has 0 fully saturated rings. The molecule has 1 unspecified atom stereocenters. The molecule has 0 aromatic heterocycles. The van der Waals surface area contributed by atoms with E-state index in [1.54, 1.807) is 14.0 Å². The highest BCUT2D eigenvalue weighted by atomic mass is 32.2. The van der Waals surface area contributed by atoms with Gasteiger partial charge in [0.05, 0.1) is 22.8 Å². The molecule has 0 saturated heterocycles. The van der Waals surface area contributed by atoms with Crippen molar-refractivity contribution in [3.8, 4) is 5.75 Å². The predicted octanol–water partition coefficient (Wildman–Crippen LogP) is 2.56. The number of ketones is 1. The fraction of sp³-hybridized carbons (Fsp3) is 0.462. The number of benzene rings is 1. The Kier molecular flexibility index (Phi) is 5.91. The maximum Gasteiger partial charge on any atom is 0.134 e. The predicted molar refractivity (Wildman–Crippen MR) is 68.8 cm³/mol. The molecule has 17 heavy (non-hydrogen) atoms. The van der Waals surface area contributed by atoms with Crippen LogP contribution in [0.4, 0.5) is 0 Å². The van der Waals surface area contributed by atoms with Crippen molar-refractivity contribution >= 4 is 16.6 Å². The van der Waals surface area contributed by atoms with Crippen molar-refractivity contribution in [2.24, 2.45) is 0 Å². The fourth-order valence-corrected chi connectivity index (χ4v) is 2.82. The van der Waals surface area contributed by atoms with E-state index in [9.17, 15) is 9.00 Å². The molecule has 4 heteroatoms. The average Bonchev–Trinajstić information content (AvgIpc) is 2.34. The van der Waals surface area contributed by atoms with Gasteiger partial charge in [-0.3, -0.25) is 4.21 Å². The monoisotopic (exact) mass is 254 g/mol. The summed E-state index contributed by atoms with van der Waals surface area (Å²) in [5, 5.41) is 0. The second-order valence-electron chi connectivity index (χ2n) is 3.86. The van der Waals surface area contributed by atoms with Gasteiger partial charge < -0.3 is 9.53 Å². The highest BCUT2D eigenvalue weighted by molar-refractivity contribution is 7.85. The SMILES string of the molecule is COc1ccccc1S(=O)CCCCC(C)=O. The van der Waals surface area contributed by atoms with Crippen molar-refractivity contribution in [2.45, 2.75) is 31.1 Å². The van der Waals surface area contributed by atoms with Gasteiger partial charge in [-0.25, -0.2) is 0 Å². The van der Waals surface area contributed by atoms with Crippen LogP contribution >= 0.6 is 0 Å². The van der Waals surface area contributed by atoms with E-state index < -0.39 is 10.8 Å². The van der Waals surface area contributed by atoms with Crippen molar-refractivity contribution < 1.29 is 13.7 Å². The number of ether oxygens (including phenoxy) is 1. The Hall–Kier alpha value is -1.16. The number of hydrogen-bond acceptors (Lipinski definition) is 3. The summed E-state index contributed by atoms with van der Waals surface area (Å²) in [5.74, 6) is 1.43. The van der Waals surface area contributed by atoms with Crippen molar-refractivity contribution in [3.05, 3.63) is 24.3 Å². The Morgan fingerprint density at radius 1 is 1.29 bits per heavy atom. The number of hydrogen-bond donors (Lipinski definition) is 0. The summed E-state index contributed by atoms with van der Waals surface area (Å²) in [6.45, 7) is 1.58. The van der Waals surface area contributed by atoms with Crippen LogP contribution < -0.4 is 4.74 Å². The van der Waals surface area contributed by atoms with Crippen LogP contribution in [0.25, 0.3) is 0 Å². The Labute approximate surface area is 105 Å². The largest absolute Gasteiger partial charge is 0.495 e. The van der Waals surface area contributed by atoms with E-state index in [1.165, 1.54) is 0 Å². The van der Waals surface area contributed by atoms with E-state index in [4.69, 9.17) is 4.74 Å². The van der Waals surface area contributed by atoms with Gasteiger partial charge >= 0.3 is 0 Å². The van der Waals surface area contributed by atoms with Crippen molar-refractivity contribution in [2.75, 3.05) is 12.9 Å². The third-order valence-electron chi connectivity index (χ3n) is 2.42. The van der Waals surface area contributed by atoms with Gasteiger partial charge in [-0.1, -0.05) is 12.1 Å². The van der Waals surface area contributed by atoms with Gasteiger partial charge in [-0.2, -0.15) is 0 Å². The molecule has 0 saturated carbocycles. The second-order valence-corrected chi connectivity index (χ2v) is 5.40. The third kappa shape index (κ3) is 4.69. The Morgan fingerprint density at radius 3 is 2.65 bits per heavy atom. The van der Waals surface area contributed by atoms with Crippen molar-refractivity contribution in [1.29, 1.82) is 0 Å². The van der Waals surface area contributed by atoms with E-state index in [2.05, 4.69) is 0 Å². The number of carbonyl (C=O) groups excluding carboxylic acids is 1. The van der Waals surface area contributed by atoms with E-state index in [0.717, 1.165) is 17.7 Å². The maximum atomic E-state index is 12.0. The molecule has 1 atom stereocenters. The molecule has 0 aliphatic carbocycles. The first-order chi connectivity index (χ1) is 8.15. The zero-order valence-corrected chi connectivity index (χ0v) is 11.1. The number of para-hydroxylation sites is 1. The quantitative estimate of drug-likeness (QED) is 0.702. The summed E-state index contributed by atoms with van der Waals surface area (Å²) in [5.41, 5.74) is 0. The molecule has 0 bridgehead atoms. The molecule has 0 amide bonds. The van der Waals surface area contributed by atoms with Gasteiger partial charge in [0.25, 0.3) is 0 Å². The smallest absolute Gasteiger partial charge is 0.134 e. The molecule has 0 N–H and O–H groups in total. The molecule has 0 radical (unpaired) electrons. The van der Waals surface area contributed by atoms with Gasteiger partial charge in [-0.05, 0) is 31.9 Å². The lowest BCUT2D eigenvalue weighted by molar-refractivity contribution is -0.117. The number of methoxy groups -OCH3 is 1. The summed E-state index contributed by atoms with van der Waals surface area (Å²) < 4.78 is 17.2. The minimum Gasteiger partial charge on any atom is -0.495 e. The molecule has 0 heterocycles. The Bertz CT molecular complexity index is 401. The van der Waals surface area contributed by atoms with Crippen LogP contribution in [-0.4, -0.2) is 22.9 Å². The van der Waals surface area contributed by atoms with Crippen molar-refractivity contribution in [3.63, 3.8) is 0 Å². The molecule has 0 aliphatic heterocycles. The molecule has 0 spiro atoms. The highest BCUT2D eigenvalue weighted by Gasteiger charge is 2.09. The molecule has 1 aromatic carbocycles. The Balaban J connectivity index is 2.49. The summed E-state index contributed by atoms with van der Waals surface area (Å²) >= 11 is 0. The second kappa shape index (κ2) is 7.22. The minimum atomic E-state index is -1.05. The van der Waals surface area contributed by atoms with Gasteiger partial charge in [0.2, 0.25) is 0 Å². The van der Waals surface area contributed by atoms with Crippen LogP contribution in [0.5, 0.6) is 5.75 Å². The topological polar surface area (TPSA) is 43.4 Å². The normalized spacial score (nSPS) is 12.1. The van der Waals surface area contributed by atoms with Crippen LogP contribution in [0.1, 0.15) is 26.2 Å². The summed E-state index contributed by atoms with van der Waals surface area (Å²) in [4.78, 5) is 11.5. The van der Waals surface area contributed by atoms with Crippen LogP contribution in [0.2, 0.25) is 0 Å². The van der Waals surface area contributed by atoms with Gasteiger partial charge in [0.15, 0.2) is 0 Å². The molecule has 1 aromatic rings. The number of rotatable bonds is 7. The van der Waals surface area contributed by atoms with E-state index in [-0.39, 0.29) is 5.78 Å². The third-order valence-corrected chi connectivity index (χ3v) is 3.91. The molecule has 1 rings (SSSR count). The molecular weight excluding hydrogens is 236 g/mol. The lowest BCUT2D eigenvalue weighted by Crippen LogP contribution is -2.01. The zero-order chi connectivity index (χ0) is 12.7. The van der Waals surface area contributed by atoms with Crippen LogP contribution in [0.15, 0.2) is 29.2 Å². The van der Waals surface area contributed by atoms with Gasteiger partial charge in [0, 0.05) is 12.2 Å². The summed E-state index contributed by atoms with van der Waals surface area (Å²) in [7, 11) is 0.529. The van der Waals surface area contributed by atoms with Crippen LogP contribution in [0.3, 0.4) is 0 Å². The van der Waals surface area contributed by atoms with Crippen molar-refractivity contribution in [1.82, 2.24) is 0 Å². The maximum absolute atomic E-state index is 12.0. The van der Waals surface area contributed by atoms with Gasteiger partial charge in [-0.15, -0.1) is 0 Å². The molecule has 94 valence electrons. The van der Waals surface area contributed by atoms with Crippen LogP contribution in [0, 0.1) is 0 Å². The summed E-state index contributed by atoms with van der Waals surface area (Å²) in [6, 6.07) is 7.34. The molecule has 0 aliphatic rings. The first-order valence-corrected chi connectivity index (χ1v) is 6.98. The van der Waals surface area contributed by atoms with E-state index >= 15 is 0 Å². The number of carbonyl (C=O) groups is 1. The van der Waals surface area contributed by atoms with E-state index in [1.807, 2.05) is 24.3 Å². The first kappa shape index (κ1) is 13.9. The zero-order valence-electron chi connectivity index (χ0n) is 10.3. The number of Topliss-reactive ketones (excluding diaryl/α,β-unsaturated/α-hetero) is 1. The average molecular weight is 254 g/mol. The standard InChI is InChI=1S/C13H18O3S/c1-11(14)7-5-6-10-17(15)13-9-4-3-8-12(13)16-2/h3-4,8-9H,5-7,10H2,1-2H3. The first-order valence-electron chi connectivity index (χ1n) is 5.66. The highest BCUT2D eigenvalue weighted by Crippen LogP contribution is 2.21.